The molecule has 1 aliphatic carbocycles. The van der Waals surface area contributed by atoms with Gasteiger partial charge in [-0.2, -0.15) is 5.10 Å². The number of hydrogen-bond donors (Lipinski definition) is 4. The van der Waals surface area contributed by atoms with Gasteiger partial charge in [-0.25, -0.2) is 0 Å². The van der Waals surface area contributed by atoms with Gasteiger partial charge in [0.2, 0.25) is 0 Å². The highest BCUT2D eigenvalue weighted by atomic mass is 15.4. The summed E-state index contributed by atoms with van der Waals surface area (Å²) >= 11 is 0. The smallest absolute Gasteiger partial charge is 0.122 e. The van der Waals surface area contributed by atoms with Gasteiger partial charge in [-0.1, -0.05) is 0 Å². The first-order valence-corrected chi connectivity index (χ1v) is 5.26. The fourth-order valence-corrected chi connectivity index (χ4v) is 2.66. The number of nitrogens with two attached hydrogens (primary N) is 2. The molecule has 5 heteroatoms. The van der Waals surface area contributed by atoms with Crippen molar-refractivity contribution in [1.29, 1.82) is 0 Å². The molecule has 80 valence electrons. The second-order valence-electron chi connectivity index (χ2n) is 4.41. The normalized spacial score (nSPS) is 43.6. The highest BCUT2D eigenvalue weighted by Crippen LogP contribution is 2.33. The van der Waals surface area contributed by atoms with Gasteiger partial charge in [0.15, 0.2) is 0 Å². The van der Waals surface area contributed by atoms with Crippen LogP contribution in [0.25, 0.3) is 0 Å². The first kappa shape index (κ1) is 9.73. The van der Waals surface area contributed by atoms with Gasteiger partial charge in [0, 0.05) is 18.0 Å². The highest BCUT2D eigenvalue weighted by Gasteiger charge is 2.39. The minimum atomic E-state index is 0.380. The van der Waals surface area contributed by atoms with E-state index in [9.17, 15) is 0 Å². The molecule has 1 saturated carbocycles. The number of hydrazine groups is 1. The number of hydrazone groups is 1. The van der Waals surface area contributed by atoms with Crippen LogP contribution in [0.1, 0.15) is 26.2 Å². The molecule has 0 amide bonds. The molecular weight excluding hydrogens is 178 g/mol. The third kappa shape index (κ3) is 1.57. The summed E-state index contributed by atoms with van der Waals surface area (Å²) in [5.41, 5.74) is 12.4. The third-order valence-corrected chi connectivity index (χ3v) is 3.61. The van der Waals surface area contributed by atoms with Crippen LogP contribution < -0.4 is 22.4 Å². The predicted molar refractivity (Wildman–Crippen MR) is 56.2 cm³/mol. The summed E-state index contributed by atoms with van der Waals surface area (Å²) in [7, 11) is 0. The summed E-state index contributed by atoms with van der Waals surface area (Å²) in [5.74, 6) is 6.86. The first-order valence-electron chi connectivity index (χ1n) is 5.26. The standard InChI is InChI=1S/C9H19N5/c1-5-7-4-6(9(10)12-11)2-3-8(7)14-13-5/h5-8,13-14H,2-4,11H2,1H3,(H2,10,12). The van der Waals surface area contributed by atoms with Gasteiger partial charge in [-0.05, 0) is 32.1 Å². The Balaban J connectivity index is 2.02. The Kier molecular flexibility index (Phi) is 2.60. The van der Waals surface area contributed by atoms with E-state index in [1.165, 1.54) is 0 Å². The van der Waals surface area contributed by atoms with Crippen molar-refractivity contribution in [1.82, 2.24) is 10.9 Å². The van der Waals surface area contributed by atoms with E-state index in [-0.39, 0.29) is 0 Å². The minimum Gasteiger partial charge on any atom is -0.386 e. The number of amidine groups is 1. The zero-order valence-corrected chi connectivity index (χ0v) is 8.53. The Morgan fingerprint density at radius 1 is 1.36 bits per heavy atom. The van der Waals surface area contributed by atoms with E-state index >= 15 is 0 Å². The maximum absolute atomic E-state index is 5.76. The van der Waals surface area contributed by atoms with Crippen LogP contribution in [-0.4, -0.2) is 17.9 Å². The number of rotatable bonds is 1. The Morgan fingerprint density at radius 3 is 2.86 bits per heavy atom. The average molecular weight is 197 g/mol. The van der Waals surface area contributed by atoms with E-state index in [1.54, 1.807) is 0 Å². The largest absolute Gasteiger partial charge is 0.386 e. The van der Waals surface area contributed by atoms with Crippen LogP contribution in [-0.2, 0) is 0 Å². The number of nitrogens with zero attached hydrogens (tertiary/aromatic N) is 1. The third-order valence-electron chi connectivity index (χ3n) is 3.61. The molecule has 0 radical (unpaired) electrons. The molecule has 0 bridgehead atoms. The zero-order valence-electron chi connectivity index (χ0n) is 8.53. The predicted octanol–water partition coefficient (Wildman–Crippen LogP) is -0.501. The molecule has 4 atom stereocenters. The van der Waals surface area contributed by atoms with E-state index in [4.69, 9.17) is 11.6 Å². The molecule has 1 aliphatic heterocycles. The summed E-state index contributed by atoms with van der Waals surface area (Å²) in [6.45, 7) is 2.20. The van der Waals surface area contributed by atoms with Crippen molar-refractivity contribution in [3.05, 3.63) is 0 Å². The van der Waals surface area contributed by atoms with Gasteiger partial charge in [0.05, 0.1) is 0 Å². The second-order valence-corrected chi connectivity index (χ2v) is 4.41. The lowest BCUT2D eigenvalue weighted by Gasteiger charge is -2.31. The topological polar surface area (TPSA) is 88.5 Å². The molecule has 2 rings (SSSR count). The van der Waals surface area contributed by atoms with E-state index in [0.717, 1.165) is 19.3 Å². The minimum absolute atomic E-state index is 0.380. The molecule has 14 heavy (non-hydrogen) atoms. The molecule has 2 aliphatic rings. The monoisotopic (exact) mass is 197 g/mol. The Morgan fingerprint density at radius 2 is 2.14 bits per heavy atom. The Labute approximate surface area is 84.3 Å². The van der Waals surface area contributed by atoms with Crippen LogP contribution in [0.5, 0.6) is 0 Å². The fraction of sp³-hybridized carbons (Fsp3) is 0.889. The van der Waals surface area contributed by atoms with E-state index in [1.807, 2.05) is 0 Å². The number of fused-ring (bicyclic) bond motifs is 1. The lowest BCUT2D eigenvalue weighted by atomic mass is 9.76. The van der Waals surface area contributed by atoms with Crippen LogP contribution in [0.4, 0.5) is 0 Å². The van der Waals surface area contributed by atoms with Crippen LogP contribution in [0.15, 0.2) is 5.10 Å². The first-order chi connectivity index (χ1) is 6.72. The van der Waals surface area contributed by atoms with Crippen molar-refractivity contribution in [3.63, 3.8) is 0 Å². The lowest BCUT2D eigenvalue weighted by Crippen LogP contribution is -2.39. The second kappa shape index (κ2) is 3.74. The van der Waals surface area contributed by atoms with Crippen LogP contribution >= 0.6 is 0 Å². The quantitative estimate of drug-likeness (QED) is 0.197. The summed E-state index contributed by atoms with van der Waals surface area (Å²) in [6, 6.07) is 1.13. The molecule has 0 aromatic rings. The van der Waals surface area contributed by atoms with Gasteiger partial charge >= 0.3 is 0 Å². The van der Waals surface area contributed by atoms with Gasteiger partial charge < -0.3 is 11.6 Å². The number of hydrogen-bond acceptors (Lipinski definition) is 4. The molecule has 0 aromatic carbocycles. The average Bonchev–Trinajstić information content (AvgIpc) is 2.59. The summed E-state index contributed by atoms with van der Waals surface area (Å²) in [5, 5.41) is 3.60. The Bertz CT molecular complexity index is 239. The van der Waals surface area contributed by atoms with Crippen molar-refractivity contribution >= 4 is 5.84 Å². The van der Waals surface area contributed by atoms with Crippen LogP contribution in [0.3, 0.4) is 0 Å². The molecule has 1 heterocycles. The van der Waals surface area contributed by atoms with Crippen LogP contribution in [0, 0.1) is 11.8 Å². The van der Waals surface area contributed by atoms with E-state index < -0.39 is 0 Å². The molecule has 0 aromatic heterocycles. The van der Waals surface area contributed by atoms with Gasteiger partial charge in [-0.3, -0.25) is 10.9 Å². The highest BCUT2D eigenvalue weighted by molar-refractivity contribution is 5.82. The molecule has 6 N–H and O–H groups in total. The Hall–Kier alpha value is -0.810. The molecule has 2 fully saturated rings. The maximum atomic E-state index is 5.76. The van der Waals surface area contributed by atoms with E-state index in [2.05, 4.69) is 22.9 Å². The molecular formula is C9H19N5. The molecule has 4 unspecified atom stereocenters. The summed E-state index contributed by atoms with van der Waals surface area (Å²) in [6.07, 6.45) is 3.34. The van der Waals surface area contributed by atoms with Gasteiger partial charge in [0.1, 0.15) is 5.84 Å². The van der Waals surface area contributed by atoms with Crippen molar-refractivity contribution in [2.24, 2.45) is 28.5 Å². The summed E-state index contributed by atoms with van der Waals surface area (Å²) in [4.78, 5) is 0. The maximum Gasteiger partial charge on any atom is 0.122 e. The molecule has 1 saturated heterocycles. The van der Waals surface area contributed by atoms with Crippen molar-refractivity contribution in [2.75, 3.05) is 0 Å². The van der Waals surface area contributed by atoms with E-state index in [0.29, 0.717) is 29.8 Å². The molecule has 5 nitrogen and oxygen atoms in total. The lowest BCUT2D eigenvalue weighted by molar-refractivity contribution is 0.277. The van der Waals surface area contributed by atoms with Crippen molar-refractivity contribution in [3.8, 4) is 0 Å². The zero-order chi connectivity index (χ0) is 10.1. The van der Waals surface area contributed by atoms with Crippen molar-refractivity contribution < 1.29 is 0 Å². The summed E-state index contributed by atoms with van der Waals surface area (Å²) < 4.78 is 0. The fourth-order valence-electron chi connectivity index (χ4n) is 2.66. The SMILES string of the molecule is CC1NNC2CCC(/C(N)=N\N)CC12. The van der Waals surface area contributed by atoms with Gasteiger partial charge in [0.25, 0.3) is 0 Å². The van der Waals surface area contributed by atoms with Crippen LogP contribution in [0.2, 0.25) is 0 Å². The molecule has 0 spiro atoms. The van der Waals surface area contributed by atoms with Crippen molar-refractivity contribution in [2.45, 2.75) is 38.3 Å². The van der Waals surface area contributed by atoms with Gasteiger partial charge in [-0.15, -0.1) is 0 Å². The number of nitrogens with one attached hydrogen (secondary N) is 2.